The Hall–Kier alpha value is -2.23. The minimum atomic E-state index is -1.34. The fourth-order valence-corrected chi connectivity index (χ4v) is 2.54. The second kappa shape index (κ2) is 6.04. The molecule has 0 heterocycles. The van der Waals surface area contributed by atoms with Gasteiger partial charge in [0.25, 0.3) is 0 Å². The number of benzene rings is 2. The SMILES string of the molecule is CCC(Cc1c(F)cccc1F)(C(=O)O)c1ccccc1. The molecule has 110 valence electrons. The molecule has 0 bridgehead atoms. The van der Waals surface area contributed by atoms with Gasteiger partial charge in [-0.25, -0.2) is 8.78 Å². The highest BCUT2D eigenvalue weighted by molar-refractivity contribution is 5.81. The Morgan fingerprint density at radius 1 is 1.05 bits per heavy atom. The van der Waals surface area contributed by atoms with E-state index in [4.69, 9.17) is 0 Å². The first-order chi connectivity index (χ1) is 10.0. The molecule has 1 atom stereocenters. The van der Waals surface area contributed by atoms with Crippen LogP contribution in [0.5, 0.6) is 0 Å². The third-order valence-electron chi connectivity index (χ3n) is 3.88. The lowest BCUT2D eigenvalue weighted by molar-refractivity contribution is -0.144. The van der Waals surface area contributed by atoms with Crippen molar-refractivity contribution in [3.8, 4) is 0 Å². The van der Waals surface area contributed by atoms with Crippen molar-refractivity contribution in [3.05, 3.63) is 71.3 Å². The third-order valence-corrected chi connectivity index (χ3v) is 3.88. The van der Waals surface area contributed by atoms with Crippen molar-refractivity contribution < 1.29 is 18.7 Å². The molecular formula is C17H16F2O2. The van der Waals surface area contributed by atoms with Crippen LogP contribution in [0.2, 0.25) is 0 Å². The molecule has 0 aliphatic carbocycles. The maximum Gasteiger partial charge on any atom is 0.314 e. The molecule has 1 unspecified atom stereocenters. The highest BCUT2D eigenvalue weighted by Gasteiger charge is 2.40. The first-order valence-corrected chi connectivity index (χ1v) is 6.73. The molecule has 0 saturated carbocycles. The van der Waals surface area contributed by atoms with E-state index in [-0.39, 0.29) is 18.4 Å². The Morgan fingerprint density at radius 3 is 2.10 bits per heavy atom. The zero-order valence-corrected chi connectivity index (χ0v) is 11.6. The Bertz CT molecular complexity index is 620. The van der Waals surface area contributed by atoms with Crippen molar-refractivity contribution >= 4 is 5.97 Å². The minimum absolute atomic E-state index is 0.189. The number of carboxylic acid groups (broad SMARTS) is 1. The average Bonchev–Trinajstić information content (AvgIpc) is 2.48. The van der Waals surface area contributed by atoms with Crippen LogP contribution in [0.3, 0.4) is 0 Å². The second-order valence-corrected chi connectivity index (χ2v) is 4.98. The summed E-state index contributed by atoms with van der Waals surface area (Å²) in [6, 6.07) is 12.1. The van der Waals surface area contributed by atoms with Gasteiger partial charge >= 0.3 is 5.97 Å². The predicted octanol–water partition coefficient (Wildman–Crippen LogP) is 3.94. The summed E-state index contributed by atoms with van der Waals surface area (Å²) in [7, 11) is 0. The Labute approximate surface area is 122 Å². The summed E-state index contributed by atoms with van der Waals surface area (Å²) in [5, 5.41) is 9.68. The number of rotatable bonds is 5. The van der Waals surface area contributed by atoms with E-state index >= 15 is 0 Å². The molecule has 1 N–H and O–H groups in total. The fraction of sp³-hybridized carbons (Fsp3) is 0.235. The van der Waals surface area contributed by atoms with Crippen LogP contribution in [-0.4, -0.2) is 11.1 Å². The summed E-state index contributed by atoms with van der Waals surface area (Å²) < 4.78 is 27.7. The Morgan fingerprint density at radius 2 is 1.62 bits per heavy atom. The zero-order chi connectivity index (χ0) is 15.5. The van der Waals surface area contributed by atoms with Gasteiger partial charge in [-0.15, -0.1) is 0 Å². The van der Waals surface area contributed by atoms with Gasteiger partial charge in [0.2, 0.25) is 0 Å². The van der Waals surface area contributed by atoms with Gasteiger partial charge in [0.05, 0.1) is 5.41 Å². The Kier molecular flexibility index (Phi) is 4.36. The molecule has 2 aromatic rings. The van der Waals surface area contributed by atoms with Crippen molar-refractivity contribution in [2.75, 3.05) is 0 Å². The van der Waals surface area contributed by atoms with Gasteiger partial charge in [0.1, 0.15) is 11.6 Å². The molecule has 4 heteroatoms. The van der Waals surface area contributed by atoms with Crippen LogP contribution in [0.25, 0.3) is 0 Å². The van der Waals surface area contributed by atoms with Crippen molar-refractivity contribution in [2.45, 2.75) is 25.2 Å². The van der Waals surface area contributed by atoms with E-state index < -0.39 is 23.0 Å². The molecule has 21 heavy (non-hydrogen) atoms. The van der Waals surface area contributed by atoms with Gasteiger partial charge in [-0.1, -0.05) is 43.3 Å². The van der Waals surface area contributed by atoms with Gasteiger partial charge in [0.15, 0.2) is 0 Å². The van der Waals surface area contributed by atoms with Crippen molar-refractivity contribution in [1.82, 2.24) is 0 Å². The summed E-state index contributed by atoms with van der Waals surface area (Å²) in [4.78, 5) is 11.8. The van der Waals surface area contributed by atoms with Gasteiger partial charge in [-0.3, -0.25) is 4.79 Å². The average molecular weight is 290 g/mol. The molecule has 2 nitrogen and oxygen atoms in total. The normalized spacial score (nSPS) is 13.7. The van der Waals surface area contributed by atoms with Gasteiger partial charge in [-0.2, -0.15) is 0 Å². The topological polar surface area (TPSA) is 37.3 Å². The first-order valence-electron chi connectivity index (χ1n) is 6.73. The van der Waals surface area contributed by atoms with Crippen LogP contribution in [0.15, 0.2) is 48.5 Å². The van der Waals surface area contributed by atoms with Gasteiger partial charge < -0.3 is 5.11 Å². The van der Waals surface area contributed by atoms with Gasteiger partial charge in [0, 0.05) is 5.56 Å². The molecular weight excluding hydrogens is 274 g/mol. The number of carboxylic acids is 1. The van der Waals surface area contributed by atoms with Crippen LogP contribution in [-0.2, 0) is 16.6 Å². The van der Waals surface area contributed by atoms with E-state index in [1.165, 1.54) is 6.07 Å². The third kappa shape index (κ3) is 2.79. The number of hydrogen-bond donors (Lipinski definition) is 1. The molecule has 0 fully saturated rings. The van der Waals surface area contributed by atoms with E-state index in [0.717, 1.165) is 12.1 Å². The molecule has 2 rings (SSSR count). The molecule has 0 aliphatic rings. The lowest BCUT2D eigenvalue weighted by Gasteiger charge is -2.29. The van der Waals surface area contributed by atoms with E-state index in [9.17, 15) is 18.7 Å². The van der Waals surface area contributed by atoms with Crippen molar-refractivity contribution in [1.29, 1.82) is 0 Å². The van der Waals surface area contributed by atoms with Gasteiger partial charge in [-0.05, 0) is 30.5 Å². The van der Waals surface area contributed by atoms with Crippen LogP contribution < -0.4 is 0 Å². The monoisotopic (exact) mass is 290 g/mol. The smallest absolute Gasteiger partial charge is 0.314 e. The molecule has 0 aromatic heterocycles. The quantitative estimate of drug-likeness (QED) is 0.905. The van der Waals surface area contributed by atoms with Crippen LogP contribution in [0.1, 0.15) is 24.5 Å². The molecule has 0 saturated heterocycles. The highest BCUT2D eigenvalue weighted by atomic mass is 19.1. The number of hydrogen-bond acceptors (Lipinski definition) is 1. The number of halogens is 2. The molecule has 0 aliphatic heterocycles. The van der Waals surface area contributed by atoms with Crippen LogP contribution >= 0.6 is 0 Å². The summed E-state index contributed by atoms with van der Waals surface area (Å²) in [5.74, 6) is -2.52. The summed E-state index contributed by atoms with van der Waals surface area (Å²) >= 11 is 0. The van der Waals surface area contributed by atoms with Crippen molar-refractivity contribution in [2.24, 2.45) is 0 Å². The lowest BCUT2D eigenvalue weighted by Crippen LogP contribution is -2.38. The molecule has 0 spiro atoms. The molecule has 0 amide bonds. The van der Waals surface area contributed by atoms with E-state index in [1.807, 2.05) is 0 Å². The Balaban J connectivity index is 2.55. The van der Waals surface area contributed by atoms with Crippen LogP contribution in [0, 0.1) is 11.6 Å². The number of carbonyl (C=O) groups is 1. The summed E-state index contributed by atoms with van der Waals surface area (Å²) in [6.07, 6.45) is 0.0154. The van der Waals surface area contributed by atoms with E-state index in [2.05, 4.69) is 0 Å². The second-order valence-electron chi connectivity index (χ2n) is 4.98. The van der Waals surface area contributed by atoms with Crippen molar-refractivity contribution in [3.63, 3.8) is 0 Å². The maximum absolute atomic E-state index is 13.9. The zero-order valence-electron chi connectivity index (χ0n) is 11.6. The largest absolute Gasteiger partial charge is 0.481 e. The minimum Gasteiger partial charge on any atom is -0.481 e. The summed E-state index contributed by atoms with van der Waals surface area (Å²) in [5.41, 5.74) is -0.988. The standard InChI is InChI=1S/C17H16F2O2/c1-2-17(16(20)21,12-7-4-3-5-8-12)11-13-14(18)9-6-10-15(13)19/h3-10H,2,11H2,1H3,(H,20,21). The number of aliphatic carboxylic acids is 1. The summed E-state index contributed by atoms with van der Waals surface area (Å²) in [6.45, 7) is 1.71. The maximum atomic E-state index is 13.9. The lowest BCUT2D eigenvalue weighted by atomic mass is 9.73. The molecule has 2 aromatic carbocycles. The van der Waals surface area contributed by atoms with E-state index in [0.29, 0.717) is 5.56 Å². The first kappa shape index (κ1) is 15.2. The van der Waals surface area contributed by atoms with Crippen LogP contribution in [0.4, 0.5) is 8.78 Å². The fourth-order valence-electron chi connectivity index (χ4n) is 2.54. The molecule has 0 radical (unpaired) electrons. The predicted molar refractivity (Wildman–Crippen MR) is 76.1 cm³/mol. The highest BCUT2D eigenvalue weighted by Crippen LogP contribution is 2.34. The van der Waals surface area contributed by atoms with E-state index in [1.54, 1.807) is 37.3 Å².